The van der Waals surface area contributed by atoms with Gasteiger partial charge in [-0.2, -0.15) is 4.31 Å². The maximum absolute atomic E-state index is 15.8. The number of hydrogen-bond donors (Lipinski definition) is 1. The number of aromatic nitrogens is 2. The van der Waals surface area contributed by atoms with Gasteiger partial charge in [0.2, 0.25) is 15.5 Å². The molecule has 1 saturated carbocycles. The molecule has 0 unspecified atom stereocenters. The van der Waals surface area contributed by atoms with Crippen LogP contribution in [0.1, 0.15) is 39.7 Å². The van der Waals surface area contributed by atoms with Crippen molar-refractivity contribution < 1.29 is 35.9 Å². The normalized spacial score (nSPS) is 16.4. The van der Waals surface area contributed by atoms with E-state index in [4.69, 9.17) is 9.47 Å². The summed E-state index contributed by atoms with van der Waals surface area (Å²) in [6.45, 7) is 1.37. The van der Waals surface area contributed by atoms with Crippen LogP contribution < -0.4 is 25.1 Å². The number of halogens is 3. The lowest BCUT2D eigenvalue weighted by Gasteiger charge is -2.35. The number of piperazine rings is 1. The van der Waals surface area contributed by atoms with Gasteiger partial charge in [0.25, 0.3) is 5.91 Å². The Balaban J connectivity index is 1.01. The number of nitrogens with one attached hydrogen (secondary N) is 1. The van der Waals surface area contributed by atoms with Crippen LogP contribution in [0.15, 0.2) is 70.6 Å². The zero-order chi connectivity index (χ0) is 35.4. The molecule has 3 aromatic carbocycles. The minimum atomic E-state index is -3.85. The van der Waals surface area contributed by atoms with Crippen LogP contribution in [0.2, 0.25) is 0 Å². The topological polar surface area (TPSA) is 123 Å². The van der Waals surface area contributed by atoms with Gasteiger partial charge in [-0.3, -0.25) is 14.9 Å². The molecule has 4 heterocycles. The van der Waals surface area contributed by atoms with Crippen molar-refractivity contribution in [1.82, 2.24) is 13.9 Å². The molecule has 264 valence electrons. The molecule has 2 aliphatic heterocycles. The Bertz CT molecular complexity index is 2370. The molecule has 5 aromatic rings. The van der Waals surface area contributed by atoms with Gasteiger partial charge < -0.3 is 18.9 Å². The van der Waals surface area contributed by atoms with Gasteiger partial charge in [-0.05, 0) is 54.8 Å². The molecule has 0 atom stereocenters. The van der Waals surface area contributed by atoms with E-state index in [1.807, 2.05) is 4.57 Å². The molecule has 51 heavy (non-hydrogen) atoms. The summed E-state index contributed by atoms with van der Waals surface area (Å²) >= 11 is 1.13. The van der Waals surface area contributed by atoms with Gasteiger partial charge in [-0.1, -0.05) is 6.07 Å². The fraction of sp³-hybridized carbons (Fsp3) is 0.286. The standard InChI is InChI=1S/C35H30F3N5O6S2/c36-26-5-1-20(14-27(26)37)13-22-18-39-35(50-22)40-34(45)25-19-43(21-2-3-21)29-17-30(28(38)16-24(29)33(25)44)41-7-9-42(10-8-41)51(46,47)23-4-6-31-32(15-23)49-12-11-48-31/h1,4-6,14-19,21H,2-3,7-13H2,(H,39,40,45). The van der Waals surface area contributed by atoms with Crippen LogP contribution in [0.4, 0.5) is 24.0 Å². The predicted octanol–water partition coefficient (Wildman–Crippen LogP) is 5.34. The molecule has 1 amide bonds. The van der Waals surface area contributed by atoms with E-state index in [-0.39, 0.29) is 65.3 Å². The third-order valence-corrected chi connectivity index (χ3v) is 12.0. The van der Waals surface area contributed by atoms with Gasteiger partial charge >= 0.3 is 0 Å². The number of ether oxygens (including phenoxy) is 2. The van der Waals surface area contributed by atoms with Crippen LogP contribution in [0.5, 0.6) is 11.5 Å². The second-order valence-electron chi connectivity index (χ2n) is 12.5. The van der Waals surface area contributed by atoms with Gasteiger partial charge in [-0.15, -0.1) is 11.3 Å². The molecule has 1 N–H and O–H groups in total. The number of thiazole rings is 1. The summed E-state index contributed by atoms with van der Waals surface area (Å²) in [7, 11) is -3.85. The molecule has 0 radical (unpaired) electrons. The molecule has 0 spiro atoms. The summed E-state index contributed by atoms with van der Waals surface area (Å²) in [5.74, 6) is -2.41. The fourth-order valence-electron chi connectivity index (χ4n) is 6.38. The number of amides is 1. The van der Waals surface area contributed by atoms with Crippen LogP contribution >= 0.6 is 11.3 Å². The lowest BCUT2D eigenvalue weighted by Crippen LogP contribution is -2.49. The Hall–Kier alpha value is -4.93. The second kappa shape index (κ2) is 13.0. The summed E-state index contributed by atoms with van der Waals surface area (Å²) in [6, 6.07) is 10.9. The highest BCUT2D eigenvalue weighted by atomic mass is 32.2. The van der Waals surface area contributed by atoms with Crippen LogP contribution in [0.3, 0.4) is 0 Å². The maximum atomic E-state index is 15.8. The van der Waals surface area contributed by atoms with E-state index in [1.165, 1.54) is 34.9 Å². The van der Waals surface area contributed by atoms with Crippen LogP contribution in [-0.2, 0) is 16.4 Å². The van der Waals surface area contributed by atoms with Crippen molar-refractivity contribution >= 4 is 49.0 Å². The number of sulfonamides is 1. The quantitative estimate of drug-likeness (QED) is 0.227. The zero-order valence-electron chi connectivity index (χ0n) is 26.9. The number of pyridine rings is 1. The number of carbonyl (C=O) groups excluding carboxylic acids is 1. The molecule has 2 aromatic heterocycles. The molecule has 0 bridgehead atoms. The molecule has 3 aliphatic rings. The summed E-state index contributed by atoms with van der Waals surface area (Å²) in [5.41, 5.74) is 0.434. The van der Waals surface area contributed by atoms with E-state index >= 15 is 4.39 Å². The van der Waals surface area contributed by atoms with Gasteiger partial charge in [-0.25, -0.2) is 26.6 Å². The number of hydrogen-bond acceptors (Lipinski definition) is 9. The summed E-state index contributed by atoms with van der Waals surface area (Å²) < 4.78 is 83.9. The van der Waals surface area contributed by atoms with Crippen molar-refractivity contribution in [3.05, 3.63) is 105 Å². The highest BCUT2D eigenvalue weighted by molar-refractivity contribution is 7.89. The second-order valence-corrected chi connectivity index (χ2v) is 15.6. The SMILES string of the molecule is O=C(Nc1ncc(Cc2ccc(F)c(F)c2)s1)c1cn(C2CC2)c2cc(N3CCN(S(=O)(=O)c4ccc5c(c4)OCCO5)CC3)c(F)cc2c1=O. The predicted molar refractivity (Wildman–Crippen MR) is 184 cm³/mol. The summed E-state index contributed by atoms with van der Waals surface area (Å²) in [4.78, 5) is 33.8. The Morgan fingerprint density at radius 3 is 2.43 bits per heavy atom. The number of carbonyl (C=O) groups is 1. The van der Waals surface area contributed by atoms with E-state index in [1.54, 1.807) is 17.0 Å². The number of benzene rings is 3. The average molecular weight is 738 g/mol. The van der Waals surface area contributed by atoms with Gasteiger partial charge in [0, 0.05) is 67.4 Å². The van der Waals surface area contributed by atoms with Crippen molar-refractivity contribution in [3.63, 3.8) is 0 Å². The Kier molecular flexibility index (Phi) is 8.47. The third-order valence-electron chi connectivity index (χ3n) is 9.15. The highest BCUT2D eigenvalue weighted by Crippen LogP contribution is 2.39. The summed E-state index contributed by atoms with van der Waals surface area (Å²) in [5, 5.41) is 2.91. The Morgan fingerprint density at radius 1 is 0.922 bits per heavy atom. The first kappa shape index (κ1) is 33.2. The minimum absolute atomic E-state index is 0.0218. The molecule has 1 aliphatic carbocycles. The molecular formula is C35H30F3N5O6S2. The monoisotopic (exact) mass is 737 g/mol. The van der Waals surface area contributed by atoms with Crippen molar-refractivity contribution in [3.8, 4) is 11.5 Å². The van der Waals surface area contributed by atoms with E-state index in [9.17, 15) is 26.8 Å². The van der Waals surface area contributed by atoms with Crippen LogP contribution in [-0.4, -0.2) is 67.6 Å². The zero-order valence-corrected chi connectivity index (χ0v) is 28.5. The lowest BCUT2D eigenvalue weighted by atomic mass is 10.1. The van der Waals surface area contributed by atoms with Crippen LogP contribution in [0.25, 0.3) is 10.9 Å². The smallest absolute Gasteiger partial charge is 0.262 e. The minimum Gasteiger partial charge on any atom is -0.486 e. The van der Waals surface area contributed by atoms with Crippen molar-refractivity contribution in [2.75, 3.05) is 49.6 Å². The highest BCUT2D eigenvalue weighted by Gasteiger charge is 2.32. The third kappa shape index (κ3) is 6.43. The number of rotatable bonds is 8. The molecule has 2 fully saturated rings. The first-order chi connectivity index (χ1) is 24.5. The van der Waals surface area contributed by atoms with E-state index < -0.39 is 38.8 Å². The Labute approximate surface area is 293 Å². The number of anilines is 2. The average Bonchev–Trinajstić information content (AvgIpc) is 3.89. The lowest BCUT2D eigenvalue weighted by molar-refractivity contribution is 0.102. The van der Waals surface area contributed by atoms with E-state index in [2.05, 4.69) is 10.3 Å². The van der Waals surface area contributed by atoms with Gasteiger partial charge in [0.15, 0.2) is 28.3 Å². The Morgan fingerprint density at radius 2 is 1.69 bits per heavy atom. The van der Waals surface area contributed by atoms with Crippen molar-refractivity contribution in [2.24, 2.45) is 0 Å². The molecule has 1 saturated heterocycles. The van der Waals surface area contributed by atoms with Crippen molar-refractivity contribution in [1.29, 1.82) is 0 Å². The van der Waals surface area contributed by atoms with Gasteiger partial charge in [0.1, 0.15) is 24.6 Å². The molecule has 11 nitrogen and oxygen atoms in total. The largest absolute Gasteiger partial charge is 0.486 e. The summed E-state index contributed by atoms with van der Waals surface area (Å²) in [6.07, 6.45) is 4.91. The van der Waals surface area contributed by atoms with Crippen molar-refractivity contribution in [2.45, 2.75) is 30.2 Å². The molecule has 8 rings (SSSR count). The van der Waals surface area contributed by atoms with E-state index in [0.29, 0.717) is 40.7 Å². The first-order valence-corrected chi connectivity index (χ1v) is 18.5. The molecular weight excluding hydrogens is 708 g/mol. The van der Waals surface area contributed by atoms with Crippen LogP contribution in [0, 0.1) is 17.5 Å². The number of fused-ring (bicyclic) bond motifs is 2. The maximum Gasteiger partial charge on any atom is 0.262 e. The van der Waals surface area contributed by atoms with Gasteiger partial charge in [0.05, 0.1) is 16.1 Å². The van der Waals surface area contributed by atoms with E-state index in [0.717, 1.165) is 42.4 Å². The number of nitrogens with zero attached hydrogens (tertiary/aromatic N) is 4. The molecule has 16 heteroatoms. The fourth-order valence-corrected chi connectivity index (χ4v) is 8.66. The first-order valence-electron chi connectivity index (χ1n) is 16.3.